The van der Waals surface area contributed by atoms with E-state index in [4.69, 9.17) is 9.73 Å². The van der Waals surface area contributed by atoms with Crippen molar-refractivity contribution >= 4 is 5.69 Å². The summed E-state index contributed by atoms with van der Waals surface area (Å²) in [6.07, 6.45) is 0.0558. The van der Waals surface area contributed by atoms with Gasteiger partial charge < -0.3 is 20.1 Å². The maximum Gasteiger partial charge on any atom is 0.244 e. The third kappa shape index (κ3) is 3.83. The van der Waals surface area contributed by atoms with E-state index in [2.05, 4.69) is 15.0 Å². The number of nitrogens with zero attached hydrogens (tertiary/aromatic N) is 4. The lowest BCUT2D eigenvalue weighted by Gasteiger charge is -2.21. The Bertz CT molecular complexity index is 899. The lowest BCUT2D eigenvalue weighted by atomic mass is 10.1. The molecule has 0 spiro atoms. The van der Waals surface area contributed by atoms with Crippen LogP contribution in [0.1, 0.15) is 23.9 Å². The molecule has 1 saturated heterocycles. The van der Waals surface area contributed by atoms with E-state index in [1.165, 1.54) is 12.1 Å². The van der Waals surface area contributed by atoms with E-state index >= 15 is 0 Å². The third-order valence-corrected chi connectivity index (χ3v) is 4.66. The average Bonchev–Trinajstić information content (AvgIpc) is 3.29. The zero-order chi connectivity index (χ0) is 18.8. The van der Waals surface area contributed by atoms with Gasteiger partial charge in [0.15, 0.2) is 0 Å². The lowest BCUT2D eigenvalue weighted by molar-refractivity contribution is 0.169. The molecule has 1 aromatic heterocycles. The number of aliphatic hydroxyl groups is 1. The maximum absolute atomic E-state index is 11.1. The van der Waals surface area contributed by atoms with Gasteiger partial charge in [0.25, 0.3) is 0 Å². The van der Waals surface area contributed by atoms with Crippen molar-refractivity contribution in [2.75, 3.05) is 11.8 Å². The van der Waals surface area contributed by atoms with Gasteiger partial charge in [-0.15, -0.1) is 0 Å². The van der Waals surface area contributed by atoms with Gasteiger partial charge in [0.1, 0.15) is 0 Å². The Morgan fingerprint density at radius 3 is 2.78 bits per heavy atom. The van der Waals surface area contributed by atoms with Gasteiger partial charge in [-0.25, -0.2) is 0 Å². The SMILES string of the molecule is [O-]N(O)c1cccc(-c2noc(C3CC(O)CN3Cc3ccccc3)n2)c1. The van der Waals surface area contributed by atoms with Crippen molar-refractivity contribution in [2.45, 2.75) is 25.1 Å². The van der Waals surface area contributed by atoms with Gasteiger partial charge >= 0.3 is 0 Å². The van der Waals surface area contributed by atoms with E-state index in [1.54, 1.807) is 12.1 Å². The van der Waals surface area contributed by atoms with Crippen molar-refractivity contribution in [3.8, 4) is 11.4 Å². The summed E-state index contributed by atoms with van der Waals surface area (Å²) in [5.41, 5.74) is 1.79. The first-order valence-corrected chi connectivity index (χ1v) is 8.66. The molecule has 3 aromatic rings. The molecule has 0 aliphatic carbocycles. The summed E-state index contributed by atoms with van der Waals surface area (Å²) in [6, 6.07) is 16.1. The van der Waals surface area contributed by atoms with Crippen LogP contribution in [0.15, 0.2) is 59.1 Å². The number of β-amino-alcohol motifs (C(OH)–C–C–N with tert-alkyl or cyclic N) is 1. The first-order valence-electron chi connectivity index (χ1n) is 8.66. The van der Waals surface area contributed by atoms with E-state index in [1.807, 2.05) is 30.3 Å². The molecule has 0 amide bonds. The molecule has 8 heteroatoms. The second-order valence-corrected chi connectivity index (χ2v) is 6.60. The average molecular weight is 367 g/mol. The Balaban J connectivity index is 1.57. The van der Waals surface area contributed by atoms with E-state index in [0.29, 0.717) is 36.8 Å². The quantitative estimate of drug-likeness (QED) is 0.663. The Morgan fingerprint density at radius 1 is 1.19 bits per heavy atom. The molecule has 27 heavy (non-hydrogen) atoms. The van der Waals surface area contributed by atoms with E-state index in [-0.39, 0.29) is 17.0 Å². The van der Waals surface area contributed by atoms with E-state index in [9.17, 15) is 10.3 Å². The van der Waals surface area contributed by atoms with Crippen molar-refractivity contribution in [1.29, 1.82) is 0 Å². The molecule has 4 rings (SSSR count). The second-order valence-electron chi connectivity index (χ2n) is 6.60. The zero-order valence-electron chi connectivity index (χ0n) is 14.5. The van der Waals surface area contributed by atoms with Gasteiger partial charge in [-0.2, -0.15) is 4.98 Å². The molecule has 1 fully saturated rings. The Kier molecular flexibility index (Phi) is 4.87. The van der Waals surface area contributed by atoms with Gasteiger partial charge in [-0.1, -0.05) is 47.6 Å². The molecule has 0 radical (unpaired) electrons. The topological polar surface area (TPSA) is 109 Å². The van der Waals surface area contributed by atoms with Crippen molar-refractivity contribution in [3.63, 3.8) is 0 Å². The minimum Gasteiger partial charge on any atom is -0.733 e. The number of likely N-dealkylation sites (tertiary alicyclic amines) is 1. The summed E-state index contributed by atoms with van der Waals surface area (Å²) in [6.45, 7) is 1.20. The number of anilines is 1. The number of hydrogen-bond acceptors (Lipinski definition) is 8. The molecule has 2 atom stereocenters. The summed E-state index contributed by atoms with van der Waals surface area (Å²) in [4.78, 5) is 6.57. The second kappa shape index (κ2) is 7.45. The molecule has 2 N–H and O–H groups in total. The van der Waals surface area contributed by atoms with Crippen LogP contribution in [0.4, 0.5) is 5.69 Å². The van der Waals surface area contributed by atoms with Gasteiger partial charge in [0, 0.05) is 18.7 Å². The predicted octanol–water partition coefficient (Wildman–Crippen LogP) is 2.74. The van der Waals surface area contributed by atoms with Crippen molar-refractivity contribution < 1.29 is 14.8 Å². The largest absolute Gasteiger partial charge is 0.733 e. The van der Waals surface area contributed by atoms with Crippen molar-refractivity contribution in [1.82, 2.24) is 15.0 Å². The number of hydrogen-bond donors (Lipinski definition) is 2. The van der Waals surface area contributed by atoms with Crippen LogP contribution in [0.2, 0.25) is 0 Å². The molecule has 2 aromatic carbocycles. The fourth-order valence-corrected chi connectivity index (χ4v) is 3.38. The van der Waals surface area contributed by atoms with Crippen LogP contribution in [0.3, 0.4) is 0 Å². The van der Waals surface area contributed by atoms with Crippen LogP contribution in [-0.4, -0.2) is 38.0 Å². The number of aromatic nitrogens is 2. The van der Waals surface area contributed by atoms with Gasteiger partial charge in [0.2, 0.25) is 11.7 Å². The normalized spacial score (nSPS) is 20.1. The van der Waals surface area contributed by atoms with Crippen molar-refractivity contribution in [2.24, 2.45) is 0 Å². The lowest BCUT2D eigenvalue weighted by Crippen LogP contribution is -2.24. The summed E-state index contributed by atoms with van der Waals surface area (Å²) < 4.78 is 5.45. The van der Waals surface area contributed by atoms with Crippen LogP contribution in [-0.2, 0) is 6.54 Å². The monoisotopic (exact) mass is 367 g/mol. The highest BCUT2D eigenvalue weighted by Gasteiger charge is 2.35. The summed E-state index contributed by atoms with van der Waals surface area (Å²) >= 11 is 0. The van der Waals surface area contributed by atoms with Gasteiger partial charge in [0.05, 0.1) is 17.8 Å². The van der Waals surface area contributed by atoms with Crippen molar-refractivity contribution in [3.05, 3.63) is 71.3 Å². The van der Waals surface area contributed by atoms with E-state index in [0.717, 1.165) is 5.56 Å². The van der Waals surface area contributed by atoms with Crippen LogP contribution in [0.5, 0.6) is 0 Å². The number of benzene rings is 2. The smallest absolute Gasteiger partial charge is 0.244 e. The first kappa shape index (κ1) is 17.6. The number of aliphatic hydroxyl groups excluding tert-OH is 1. The van der Waals surface area contributed by atoms with E-state index < -0.39 is 6.10 Å². The Hall–Kier alpha value is -2.78. The molecule has 8 nitrogen and oxygen atoms in total. The molecule has 0 saturated carbocycles. The standard InChI is InChI=1S/C19H19N4O4/c24-16-10-17(22(12-16)11-13-5-2-1-3-6-13)19-20-18(21-27-19)14-7-4-8-15(9-14)23(25)26/h1-9,16-17,24-25H,10-12H2/q-1. The Labute approximate surface area is 155 Å². The molecule has 0 bridgehead atoms. The van der Waals surface area contributed by atoms with Crippen LogP contribution in [0.25, 0.3) is 11.4 Å². The molecular formula is C19H19N4O4-. The highest BCUT2D eigenvalue weighted by Crippen LogP contribution is 2.33. The molecular weight excluding hydrogens is 348 g/mol. The minimum atomic E-state index is -0.458. The highest BCUT2D eigenvalue weighted by molar-refractivity contribution is 5.62. The third-order valence-electron chi connectivity index (χ3n) is 4.66. The summed E-state index contributed by atoms with van der Waals surface area (Å²) in [5.74, 6) is 0.751. The highest BCUT2D eigenvalue weighted by atomic mass is 16.8. The molecule has 140 valence electrons. The molecule has 1 aliphatic rings. The van der Waals surface area contributed by atoms with Crippen LogP contribution < -0.4 is 5.23 Å². The fourth-order valence-electron chi connectivity index (χ4n) is 3.38. The van der Waals surface area contributed by atoms with Crippen LogP contribution >= 0.6 is 0 Å². The zero-order valence-corrected chi connectivity index (χ0v) is 14.5. The summed E-state index contributed by atoms with van der Waals surface area (Å²) in [7, 11) is 0. The maximum atomic E-state index is 11.1. The summed E-state index contributed by atoms with van der Waals surface area (Å²) in [5, 5.41) is 34.0. The van der Waals surface area contributed by atoms with Gasteiger partial charge in [-0.3, -0.25) is 10.1 Å². The predicted molar refractivity (Wildman–Crippen MR) is 97.6 cm³/mol. The van der Waals surface area contributed by atoms with Crippen LogP contribution in [0, 0.1) is 5.21 Å². The number of rotatable bonds is 5. The molecule has 2 heterocycles. The first-order chi connectivity index (χ1) is 13.1. The fraction of sp³-hybridized carbons (Fsp3) is 0.263. The molecule has 2 unspecified atom stereocenters. The minimum absolute atomic E-state index is 0.0841. The molecule has 1 aliphatic heterocycles. The Morgan fingerprint density at radius 2 is 2.00 bits per heavy atom. The van der Waals surface area contributed by atoms with Gasteiger partial charge in [-0.05, 0) is 24.1 Å².